The Bertz CT molecular complexity index is 419. The molecule has 3 atom stereocenters. The number of hydrogen-bond acceptors (Lipinski definition) is 2. The van der Waals surface area contributed by atoms with E-state index >= 15 is 0 Å². The van der Waals surface area contributed by atoms with E-state index in [0.717, 1.165) is 18.4 Å². The number of thioether (sulfide) groups is 1. The van der Waals surface area contributed by atoms with Crippen molar-refractivity contribution in [3.63, 3.8) is 0 Å². The Labute approximate surface area is 127 Å². The highest BCUT2D eigenvalue weighted by atomic mass is 32.2. The lowest BCUT2D eigenvalue weighted by Crippen LogP contribution is -2.39. The fraction of sp³-hybridized carbons (Fsp3) is 0.667. The highest BCUT2D eigenvalue weighted by molar-refractivity contribution is 7.99. The van der Waals surface area contributed by atoms with Crippen LogP contribution >= 0.6 is 11.8 Å². The second kappa shape index (κ2) is 6.53. The van der Waals surface area contributed by atoms with Crippen LogP contribution in [0, 0.1) is 17.3 Å². The molecule has 0 heterocycles. The zero-order valence-electron chi connectivity index (χ0n) is 12.6. The minimum atomic E-state index is 0.612. The molecule has 2 bridgehead atoms. The lowest BCUT2D eigenvalue weighted by molar-refractivity contribution is 0.153. The van der Waals surface area contributed by atoms with Gasteiger partial charge < -0.3 is 5.32 Å². The van der Waals surface area contributed by atoms with Gasteiger partial charge in [-0.25, -0.2) is 0 Å². The summed E-state index contributed by atoms with van der Waals surface area (Å²) >= 11 is 2.04. The molecule has 0 amide bonds. The summed E-state index contributed by atoms with van der Waals surface area (Å²) in [5.74, 6) is 3.32. The molecule has 1 aromatic rings. The molecule has 3 rings (SSSR count). The minimum absolute atomic E-state index is 0.612. The van der Waals surface area contributed by atoms with Gasteiger partial charge in [0.05, 0.1) is 0 Å². The van der Waals surface area contributed by atoms with Gasteiger partial charge in [-0.3, -0.25) is 0 Å². The van der Waals surface area contributed by atoms with Crippen molar-refractivity contribution in [3.05, 3.63) is 30.3 Å². The lowest BCUT2D eigenvalue weighted by atomic mass is 9.71. The van der Waals surface area contributed by atoms with Crippen LogP contribution in [-0.2, 0) is 0 Å². The first-order valence-corrected chi connectivity index (χ1v) is 9.19. The average molecular weight is 289 g/mol. The second-order valence-electron chi connectivity index (χ2n) is 6.63. The smallest absolute Gasteiger partial charge is 0.00719 e. The third-order valence-corrected chi connectivity index (χ3v) is 6.46. The summed E-state index contributed by atoms with van der Waals surface area (Å²) in [5, 5.41) is 3.66. The minimum Gasteiger partial charge on any atom is -0.316 e. The fourth-order valence-corrected chi connectivity index (χ4v) is 5.53. The van der Waals surface area contributed by atoms with Crippen LogP contribution in [0.2, 0.25) is 0 Å². The van der Waals surface area contributed by atoms with Gasteiger partial charge in [0.15, 0.2) is 0 Å². The van der Waals surface area contributed by atoms with E-state index in [0.29, 0.717) is 5.41 Å². The maximum absolute atomic E-state index is 3.66. The first-order chi connectivity index (χ1) is 9.82. The van der Waals surface area contributed by atoms with Crippen LogP contribution in [0.3, 0.4) is 0 Å². The third-order valence-electron chi connectivity index (χ3n) is 5.44. The Morgan fingerprint density at radius 2 is 2.10 bits per heavy atom. The monoisotopic (exact) mass is 289 g/mol. The van der Waals surface area contributed by atoms with Gasteiger partial charge in [-0.1, -0.05) is 31.5 Å². The van der Waals surface area contributed by atoms with Crippen molar-refractivity contribution in [2.45, 2.75) is 43.9 Å². The van der Waals surface area contributed by atoms with Crippen LogP contribution in [0.4, 0.5) is 0 Å². The summed E-state index contributed by atoms with van der Waals surface area (Å²) in [5.41, 5.74) is 0.612. The summed E-state index contributed by atoms with van der Waals surface area (Å²) in [7, 11) is 0. The molecule has 2 aliphatic carbocycles. The highest BCUT2D eigenvalue weighted by Gasteiger charge is 2.49. The maximum Gasteiger partial charge on any atom is 0.00719 e. The molecule has 1 N–H and O–H groups in total. The highest BCUT2D eigenvalue weighted by Crippen LogP contribution is 2.57. The molecule has 0 aliphatic heterocycles. The van der Waals surface area contributed by atoms with E-state index in [4.69, 9.17) is 0 Å². The van der Waals surface area contributed by atoms with E-state index in [9.17, 15) is 0 Å². The molecule has 0 saturated heterocycles. The van der Waals surface area contributed by atoms with Crippen LogP contribution in [-0.4, -0.2) is 18.8 Å². The number of nitrogens with one attached hydrogen (secondary N) is 1. The van der Waals surface area contributed by atoms with Crippen molar-refractivity contribution < 1.29 is 0 Å². The lowest BCUT2D eigenvalue weighted by Gasteiger charge is -2.38. The summed E-state index contributed by atoms with van der Waals surface area (Å²) in [6.07, 6.45) is 7.39. The molecule has 20 heavy (non-hydrogen) atoms. The van der Waals surface area contributed by atoms with Crippen molar-refractivity contribution in [3.8, 4) is 0 Å². The van der Waals surface area contributed by atoms with Crippen molar-refractivity contribution in [2.24, 2.45) is 17.3 Å². The van der Waals surface area contributed by atoms with Gasteiger partial charge in [-0.2, -0.15) is 0 Å². The van der Waals surface area contributed by atoms with E-state index in [1.807, 2.05) is 11.8 Å². The van der Waals surface area contributed by atoms with Gasteiger partial charge in [0, 0.05) is 11.4 Å². The predicted octanol–water partition coefficient (Wildman–Crippen LogP) is 4.58. The first kappa shape index (κ1) is 14.5. The van der Waals surface area contributed by atoms with Crippen LogP contribution in [0.1, 0.15) is 39.0 Å². The number of hydrogen-bond donors (Lipinski definition) is 1. The Morgan fingerprint density at radius 1 is 1.25 bits per heavy atom. The van der Waals surface area contributed by atoms with Gasteiger partial charge in [0.2, 0.25) is 0 Å². The van der Waals surface area contributed by atoms with Crippen LogP contribution in [0.15, 0.2) is 35.2 Å². The van der Waals surface area contributed by atoms with E-state index in [-0.39, 0.29) is 0 Å². The first-order valence-electron chi connectivity index (χ1n) is 8.21. The molecule has 0 aromatic heterocycles. The van der Waals surface area contributed by atoms with Gasteiger partial charge >= 0.3 is 0 Å². The summed E-state index contributed by atoms with van der Waals surface area (Å²) in [6.45, 7) is 4.60. The summed E-state index contributed by atoms with van der Waals surface area (Å²) < 4.78 is 0. The number of fused-ring (bicyclic) bond motifs is 2. The molecule has 0 spiro atoms. The zero-order chi connectivity index (χ0) is 13.8. The molecule has 1 aromatic carbocycles. The van der Waals surface area contributed by atoms with Crippen molar-refractivity contribution in [1.82, 2.24) is 5.32 Å². The topological polar surface area (TPSA) is 12.0 Å². The molecule has 2 fully saturated rings. The quantitative estimate of drug-likeness (QED) is 0.737. The van der Waals surface area contributed by atoms with E-state index in [1.165, 1.54) is 49.3 Å². The van der Waals surface area contributed by atoms with E-state index in [2.05, 4.69) is 42.6 Å². The van der Waals surface area contributed by atoms with Crippen LogP contribution in [0.5, 0.6) is 0 Å². The maximum atomic E-state index is 3.66. The Balaban J connectivity index is 1.57. The van der Waals surface area contributed by atoms with E-state index in [1.54, 1.807) is 0 Å². The SMILES string of the molecule is CCNCC1(CCSc2ccccc2)CC2CCC1C2. The molecule has 2 saturated carbocycles. The predicted molar refractivity (Wildman–Crippen MR) is 88.2 cm³/mol. The second-order valence-corrected chi connectivity index (χ2v) is 7.80. The number of rotatable bonds is 7. The largest absolute Gasteiger partial charge is 0.316 e. The van der Waals surface area contributed by atoms with Gasteiger partial charge in [0.25, 0.3) is 0 Å². The average Bonchev–Trinajstić information content (AvgIpc) is 3.07. The molecule has 110 valence electrons. The zero-order valence-corrected chi connectivity index (χ0v) is 13.4. The Morgan fingerprint density at radius 3 is 2.75 bits per heavy atom. The van der Waals surface area contributed by atoms with Gasteiger partial charge in [-0.05, 0) is 67.4 Å². The number of benzene rings is 1. The molecule has 1 nitrogen and oxygen atoms in total. The van der Waals surface area contributed by atoms with Crippen molar-refractivity contribution in [2.75, 3.05) is 18.8 Å². The molecule has 3 unspecified atom stereocenters. The third kappa shape index (κ3) is 3.07. The fourth-order valence-electron chi connectivity index (χ4n) is 4.43. The van der Waals surface area contributed by atoms with Crippen molar-refractivity contribution >= 4 is 11.8 Å². The standard InChI is InChI=1S/C18H27NS/c1-2-19-14-18(13-15-8-9-16(18)12-15)10-11-20-17-6-4-3-5-7-17/h3-7,15-16,19H,2,8-14H2,1H3. The van der Waals surface area contributed by atoms with Crippen molar-refractivity contribution in [1.29, 1.82) is 0 Å². The summed E-state index contributed by atoms with van der Waals surface area (Å²) in [6, 6.07) is 10.9. The molecule has 0 radical (unpaired) electrons. The van der Waals surface area contributed by atoms with Gasteiger partial charge in [-0.15, -0.1) is 11.8 Å². The Hall–Kier alpha value is -0.470. The molecular weight excluding hydrogens is 262 g/mol. The molecule has 2 aliphatic rings. The molecule has 2 heteroatoms. The van der Waals surface area contributed by atoms with Crippen LogP contribution in [0.25, 0.3) is 0 Å². The van der Waals surface area contributed by atoms with Gasteiger partial charge in [0.1, 0.15) is 0 Å². The summed E-state index contributed by atoms with van der Waals surface area (Å²) in [4.78, 5) is 1.43. The normalized spacial score (nSPS) is 31.9. The Kier molecular flexibility index (Phi) is 4.72. The van der Waals surface area contributed by atoms with E-state index < -0.39 is 0 Å². The molecular formula is C18H27NS. The van der Waals surface area contributed by atoms with Crippen LogP contribution < -0.4 is 5.32 Å².